The first-order valence-electron chi connectivity index (χ1n) is 5.36. The van der Waals surface area contributed by atoms with Gasteiger partial charge in [-0.2, -0.15) is 5.26 Å². The number of H-pyrrole nitrogens is 1. The predicted octanol–water partition coefficient (Wildman–Crippen LogP) is 2.95. The summed E-state index contributed by atoms with van der Waals surface area (Å²) in [4.78, 5) is 7.41. The molecular weight excluding hydrogens is 244 g/mol. The molecule has 0 spiro atoms. The Balaban J connectivity index is 2.35. The summed E-state index contributed by atoms with van der Waals surface area (Å²) < 4.78 is 2.39. The Kier molecular flexibility index (Phi) is 2.43. The predicted molar refractivity (Wildman–Crippen MR) is 71.0 cm³/mol. The van der Waals surface area contributed by atoms with Crippen LogP contribution >= 0.6 is 12.2 Å². The van der Waals surface area contributed by atoms with Crippen molar-refractivity contribution >= 4 is 23.4 Å². The van der Waals surface area contributed by atoms with E-state index < -0.39 is 0 Å². The van der Waals surface area contributed by atoms with Gasteiger partial charge in [0, 0.05) is 6.20 Å². The second-order valence-corrected chi connectivity index (χ2v) is 4.19. The molecule has 0 bridgehead atoms. The average molecular weight is 252 g/mol. The zero-order valence-corrected chi connectivity index (χ0v) is 10.1. The Hall–Kier alpha value is -2.45. The fraction of sp³-hybridized carbons (Fsp3) is 0. The van der Waals surface area contributed by atoms with Crippen molar-refractivity contribution < 1.29 is 0 Å². The molecule has 0 aliphatic carbocycles. The van der Waals surface area contributed by atoms with Crippen LogP contribution in [0.3, 0.4) is 0 Å². The number of nitrogens with zero attached hydrogens (tertiary/aromatic N) is 3. The van der Waals surface area contributed by atoms with Crippen LogP contribution in [0.4, 0.5) is 0 Å². The Morgan fingerprint density at radius 1 is 1.28 bits per heavy atom. The van der Waals surface area contributed by atoms with E-state index in [2.05, 4.69) is 16.0 Å². The van der Waals surface area contributed by atoms with Crippen LogP contribution < -0.4 is 0 Å². The molecule has 0 saturated carbocycles. The van der Waals surface area contributed by atoms with Gasteiger partial charge in [0.1, 0.15) is 0 Å². The molecule has 2 heterocycles. The lowest BCUT2D eigenvalue weighted by molar-refractivity contribution is 1.04. The van der Waals surface area contributed by atoms with Crippen LogP contribution in [0.15, 0.2) is 42.6 Å². The maximum absolute atomic E-state index is 8.93. The lowest BCUT2D eigenvalue weighted by Crippen LogP contribution is -1.95. The van der Waals surface area contributed by atoms with Crippen molar-refractivity contribution in [3.05, 3.63) is 52.9 Å². The van der Waals surface area contributed by atoms with Gasteiger partial charge < -0.3 is 4.98 Å². The highest BCUT2D eigenvalue weighted by Crippen LogP contribution is 2.18. The van der Waals surface area contributed by atoms with Gasteiger partial charge in [-0.1, -0.05) is 6.07 Å². The first kappa shape index (κ1) is 10.7. The fourth-order valence-corrected chi connectivity index (χ4v) is 2.20. The molecule has 5 heteroatoms. The van der Waals surface area contributed by atoms with Crippen molar-refractivity contribution in [2.75, 3.05) is 0 Å². The number of hydrogen-bond acceptors (Lipinski definition) is 3. The highest BCUT2D eigenvalue weighted by molar-refractivity contribution is 7.71. The Morgan fingerprint density at radius 2 is 2.17 bits per heavy atom. The number of nitrogens with one attached hydrogen (secondary N) is 1. The van der Waals surface area contributed by atoms with Crippen LogP contribution in [0, 0.1) is 16.1 Å². The largest absolute Gasteiger partial charge is 0.329 e. The van der Waals surface area contributed by atoms with Gasteiger partial charge in [-0.15, -0.1) is 0 Å². The van der Waals surface area contributed by atoms with Crippen molar-refractivity contribution in [3.63, 3.8) is 0 Å². The number of benzene rings is 1. The molecule has 0 aliphatic rings. The molecule has 0 atom stereocenters. The molecule has 2 aromatic heterocycles. The molecule has 0 amide bonds. The molecule has 0 fully saturated rings. The zero-order valence-electron chi connectivity index (χ0n) is 9.29. The minimum atomic E-state index is 0.568. The first-order chi connectivity index (χ1) is 8.79. The van der Waals surface area contributed by atoms with E-state index in [0.29, 0.717) is 10.3 Å². The molecule has 1 N–H and O–H groups in total. The Morgan fingerprint density at radius 3 is 3.00 bits per heavy atom. The molecule has 4 nitrogen and oxygen atoms in total. The van der Waals surface area contributed by atoms with Gasteiger partial charge in [0.05, 0.1) is 22.8 Å². The second kappa shape index (κ2) is 4.09. The molecule has 18 heavy (non-hydrogen) atoms. The number of hydrogen-bond donors (Lipinski definition) is 1. The minimum Gasteiger partial charge on any atom is -0.329 e. The Labute approximate surface area is 108 Å². The third kappa shape index (κ3) is 1.60. The molecule has 0 aliphatic heterocycles. The standard InChI is InChI=1S/C13H8N4S/c14-8-9-3-1-4-10(7-9)17-12-11(16-13(17)18)5-2-6-15-12/h1-7H,(H,16,18). The summed E-state index contributed by atoms with van der Waals surface area (Å²) in [5.74, 6) is 0. The fourth-order valence-electron chi connectivity index (χ4n) is 1.89. The van der Waals surface area contributed by atoms with Crippen molar-refractivity contribution in [2.45, 2.75) is 0 Å². The van der Waals surface area contributed by atoms with E-state index >= 15 is 0 Å². The van der Waals surface area contributed by atoms with Gasteiger partial charge >= 0.3 is 0 Å². The monoisotopic (exact) mass is 252 g/mol. The van der Waals surface area contributed by atoms with Gasteiger partial charge in [0.15, 0.2) is 10.4 Å². The van der Waals surface area contributed by atoms with E-state index in [1.54, 1.807) is 18.3 Å². The summed E-state index contributed by atoms with van der Waals surface area (Å²) in [6.07, 6.45) is 1.72. The second-order valence-electron chi connectivity index (χ2n) is 3.80. The zero-order chi connectivity index (χ0) is 12.5. The number of imidazole rings is 1. The summed E-state index contributed by atoms with van der Waals surface area (Å²) in [6, 6.07) is 13.2. The van der Waals surface area contributed by atoms with Crippen LogP contribution in [0.25, 0.3) is 16.9 Å². The van der Waals surface area contributed by atoms with E-state index in [0.717, 1.165) is 16.9 Å². The van der Waals surface area contributed by atoms with Crippen LogP contribution in [-0.4, -0.2) is 14.5 Å². The van der Waals surface area contributed by atoms with E-state index in [4.69, 9.17) is 17.5 Å². The maximum Gasteiger partial charge on any atom is 0.183 e. The lowest BCUT2D eigenvalue weighted by atomic mass is 10.2. The molecular formula is C13H8N4S. The van der Waals surface area contributed by atoms with E-state index in [9.17, 15) is 0 Å². The molecule has 86 valence electrons. The Bertz CT molecular complexity index is 823. The first-order valence-corrected chi connectivity index (χ1v) is 5.77. The van der Waals surface area contributed by atoms with Crippen LogP contribution in [-0.2, 0) is 0 Å². The van der Waals surface area contributed by atoms with Crippen molar-refractivity contribution in [3.8, 4) is 11.8 Å². The van der Waals surface area contributed by atoms with Gasteiger partial charge in [-0.05, 0) is 42.5 Å². The van der Waals surface area contributed by atoms with Gasteiger partial charge in [0.25, 0.3) is 0 Å². The lowest BCUT2D eigenvalue weighted by Gasteiger charge is -2.03. The summed E-state index contributed by atoms with van der Waals surface area (Å²) in [5.41, 5.74) is 3.08. The normalized spacial score (nSPS) is 10.4. The van der Waals surface area contributed by atoms with E-state index in [1.165, 1.54) is 0 Å². The summed E-state index contributed by atoms with van der Waals surface area (Å²) in [6.45, 7) is 0. The average Bonchev–Trinajstić information content (AvgIpc) is 2.74. The number of rotatable bonds is 1. The summed E-state index contributed by atoms with van der Waals surface area (Å²) in [7, 11) is 0. The highest BCUT2D eigenvalue weighted by Gasteiger charge is 2.07. The van der Waals surface area contributed by atoms with Crippen molar-refractivity contribution in [1.82, 2.24) is 14.5 Å². The van der Waals surface area contributed by atoms with Crippen molar-refractivity contribution in [1.29, 1.82) is 5.26 Å². The van der Waals surface area contributed by atoms with Crippen LogP contribution in [0.5, 0.6) is 0 Å². The number of pyridine rings is 1. The molecule has 0 unspecified atom stereocenters. The summed E-state index contributed by atoms with van der Waals surface area (Å²) >= 11 is 5.30. The van der Waals surface area contributed by atoms with Gasteiger partial charge in [-0.3, -0.25) is 4.57 Å². The molecule has 1 aromatic carbocycles. The number of nitriles is 1. The molecule has 0 saturated heterocycles. The van der Waals surface area contributed by atoms with Crippen molar-refractivity contribution in [2.24, 2.45) is 0 Å². The molecule has 0 radical (unpaired) electrons. The third-order valence-electron chi connectivity index (χ3n) is 2.68. The van der Waals surface area contributed by atoms with Gasteiger partial charge in [-0.25, -0.2) is 4.98 Å². The van der Waals surface area contributed by atoms with Gasteiger partial charge in [0.2, 0.25) is 0 Å². The molecule has 3 rings (SSSR count). The van der Waals surface area contributed by atoms with Crippen LogP contribution in [0.1, 0.15) is 5.56 Å². The number of aromatic nitrogens is 3. The maximum atomic E-state index is 8.93. The minimum absolute atomic E-state index is 0.568. The smallest absolute Gasteiger partial charge is 0.183 e. The molecule has 3 aromatic rings. The SMILES string of the molecule is N#Cc1cccc(-n2c(=S)[nH]c3cccnc32)c1. The highest BCUT2D eigenvalue weighted by atomic mass is 32.1. The quantitative estimate of drug-likeness (QED) is 0.677. The number of aromatic amines is 1. The van der Waals surface area contributed by atoms with E-state index in [1.807, 2.05) is 28.8 Å². The number of fused-ring (bicyclic) bond motifs is 1. The van der Waals surface area contributed by atoms with Crippen LogP contribution in [0.2, 0.25) is 0 Å². The van der Waals surface area contributed by atoms with E-state index in [-0.39, 0.29) is 0 Å². The third-order valence-corrected chi connectivity index (χ3v) is 2.96. The summed E-state index contributed by atoms with van der Waals surface area (Å²) in [5, 5.41) is 8.93. The topological polar surface area (TPSA) is 57.4 Å².